The number of phenolic OH excluding ortho intramolecular Hbond substituents is 1. The number of nitrogens with zero attached hydrogens (tertiary/aromatic N) is 1. The first-order chi connectivity index (χ1) is 13.3. The number of benzene rings is 2. The van der Waals surface area contributed by atoms with E-state index in [0.29, 0.717) is 5.75 Å². The van der Waals surface area contributed by atoms with Crippen LogP contribution in [0.5, 0.6) is 11.5 Å². The maximum atomic E-state index is 10.4. The molecule has 28 heavy (non-hydrogen) atoms. The van der Waals surface area contributed by atoms with Crippen LogP contribution in [0.15, 0.2) is 43.0 Å². The number of para-hydroxylation sites is 1. The van der Waals surface area contributed by atoms with Crippen molar-refractivity contribution in [3.05, 3.63) is 65.2 Å². The zero-order valence-corrected chi connectivity index (χ0v) is 17.9. The maximum Gasteiger partial charge on any atom is 0.127 e. The summed E-state index contributed by atoms with van der Waals surface area (Å²) in [5, 5.41) is 10.4. The summed E-state index contributed by atoms with van der Waals surface area (Å²) < 4.78 is 6.60. The van der Waals surface area contributed by atoms with Crippen LogP contribution in [0, 0.1) is 20.8 Å². The van der Waals surface area contributed by atoms with Gasteiger partial charge in [0.15, 0.2) is 0 Å². The molecule has 3 heteroatoms. The maximum absolute atomic E-state index is 10.4. The molecule has 1 N–H and O–H groups in total. The SMILES string of the molecule is C=CC(C)N(CCC1(C)CCc2c(C)c(O)c(C)c(C)c2O1)c1ccccc1. The van der Waals surface area contributed by atoms with Gasteiger partial charge in [-0.25, -0.2) is 0 Å². The number of aromatic hydroxyl groups is 1. The van der Waals surface area contributed by atoms with Crippen LogP contribution in [0.2, 0.25) is 0 Å². The van der Waals surface area contributed by atoms with Gasteiger partial charge < -0.3 is 14.7 Å². The molecule has 150 valence electrons. The van der Waals surface area contributed by atoms with E-state index in [2.05, 4.69) is 56.5 Å². The lowest BCUT2D eigenvalue weighted by Gasteiger charge is -2.40. The molecule has 1 aliphatic heterocycles. The predicted molar refractivity (Wildman–Crippen MR) is 118 cm³/mol. The van der Waals surface area contributed by atoms with Crippen molar-refractivity contribution in [3.63, 3.8) is 0 Å². The Hall–Kier alpha value is -2.42. The van der Waals surface area contributed by atoms with Crippen LogP contribution in [0.25, 0.3) is 0 Å². The van der Waals surface area contributed by atoms with Crippen LogP contribution in [0.3, 0.4) is 0 Å². The molecule has 0 radical (unpaired) electrons. The number of rotatable bonds is 6. The van der Waals surface area contributed by atoms with Gasteiger partial charge in [-0.1, -0.05) is 24.3 Å². The molecule has 0 aliphatic carbocycles. The highest BCUT2D eigenvalue weighted by Crippen LogP contribution is 2.44. The third kappa shape index (κ3) is 3.76. The van der Waals surface area contributed by atoms with Gasteiger partial charge in [-0.15, -0.1) is 6.58 Å². The number of phenols is 1. The van der Waals surface area contributed by atoms with Crippen molar-refractivity contribution in [2.24, 2.45) is 0 Å². The fourth-order valence-corrected chi connectivity index (χ4v) is 4.14. The molecule has 0 saturated heterocycles. The number of hydrogen-bond acceptors (Lipinski definition) is 3. The highest BCUT2D eigenvalue weighted by atomic mass is 16.5. The summed E-state index contributed by atoms with van der Waals surface area (Å²) in [7, 11) is 0. The number of hydrogen-bond donors (Lipinski definition) is 1. The largest absolute Gasteiger partial charge is 0.507 e. The van der Waals surface area contributed by atoms with Crippen molar-refractivity contribution in [1.82, 2.24) is 0 Å². The summed E-state index contributed by atoms with van der Waals surface area (Å²) in [6.07, 6.45) is 4.81. The van der Waals surface area contributed by atoms with E-state index in [1.165, 1.54) is 5.69 Å². The monoisotopic (exact) mass is 379 g/mol. The number of fused-ring (bicyclic) bond motifs is 1. The predicted octanol–water partition coefficient (Wildman–Crippen LogP) is 5.87. The van der Waals surface area contributed by atoms with E-state index in [9.17, 15) is 5.11 Å². The van der Waals surface area contributed by atoms with E-state index >= 15 is 0 Å². The molecule has 0 fully saturated rings. The summed E-state index contributed by atoms with van der Waals surface area (Å²) in [6, 6.07) is 10.8. The first kappa shape index (κ1) is 20.3. The molecule has 0 saturated carbocycles. The van der Waals surface area contributed by atoms with E-state index in [-0.39, 0.29) is 11.6 Å². The average molecular weight is 380 g/mol. The third-order valence-electron chi connectivity index (χ3n) is 6.39. The molecule has 2 unspecified atom stereocenters. The van der Waals surface area contributed by atoms with Gasteiger partial charge in [-0.05, 0) is 76.3 Å². The smallest absolute Gasteiger partial charge is 0.127 e. The van der Waals surface area contributed by atoms with Gasteiger partial charge in [0, 0.05) is 30.3 Å². The van der Waals surface area contributed by atoms with Gasteiger partial charge in [0.25, 0.3) is 0 Å². The topological polar surface area (TPSA) is 32.7 Å². The lowest BCUT2D eigenvalue weighted by atomic mass is 9.85. The quantitative estimate of drug-likeness (QED) is 0.637. The van der Waals surface area contributed by atoms with Gasteiger partial charge in [0.1, 0.15) is 17.1 Å². The van der Waals surface area contributed by atoms with Gasteiger partial charge in [0.05, 0.1) is 0 Å². The van der Waals surface area contributed by atoms with Gasteiger partial charge in [0.2, 0.25) is 0 Å². The molecular weight excluding hydrogens is 346 g/mol. The minimum atomic E-state index is -0.221. The third-order valence-corrected chi connectivity index (χ3v) is 6.39. The Labute approximate surface area is 169 Å². The normalized spacial score (nSPS) is 19.5. The number of anilines is 1. The van der Waals surface area contributed by atoms with E-state index < -0.39 is 0 Å². The van der Waals surface area contributed by atoms with Crippen LogP contribution >= 0.6 is 0 Å². The first-order valence-electron chi connectivity index (χ1n) is 10.2. The molecule has 2 aromatic rings. The Bertz CT molecular complexity index is 859. The number of ether oxygens (including phenoxy) is 1. The molecule has 0 spiro atoms. The summed E-state index contributed by atoms with van der Waals surface area (Å²) in [5.74, 6) is 1.39. The van der Waals surface area contributed by atoms with Crippen LogP contribution < -0.4 is 9.64 Å². The Morgan fingerprint density at radius 3 is 2.50 bits per heavy atom. The van der Waals surface area contributed by atoms with Crippen molar-refractivity contribution < 1.29 is 9.84 Å². The molecule has 0 aromatic heterocycles. The molecular formula is C25H33NO2. The molecule has 0 bridgehead atoms. The molecule has 2 atom stereocenters. The molecule has 3 nitrogen and oxygen atoms in total. The zero-order valence-electron chi connectivity index (χ0n) is 17.9. The lowest BCUT2D eigenvalue weighted by Crippen LogP contribution is -2.42. The van der Waals surface area contributed by atoms with Crippen LogP contribution in [-0.4, -0.2) is 23.3 Å². The Morgan fingerprint density at radius 2 is 1.86 bits per heavy atom. The highest BCUT2D eigenvalue weighted by molar-refractivity contribution is 5.58. The van der Waals surface area contributed by atoms with E-state index in [1.807, 2.05) is 26.0 Å². The average Bonchev–Trinajstić information content (AvgIpc) is 2.71. The highest BCUT2D eigenvalue weighted by Gasteiger charge is 2.35. The van der Waals surface area contributed by atoms with Crippen LogP contribution in [0.1, 0.15) is 48.9 Å². The van der Waals surface area contributed by atoms with Gasteiger partial charge in [-0.3, -0.25) is 0 Å². The van der Waals surface area contributed by atoms with Crippen molar-refractivity contribution in [2.45, 2.75) is 65.5 Å². The zero-order chi connectivity index (χ0) is 20.5. The minimum absolute atomic E-state index is 0.221. The standard InChI is InChI=1S/C25H33NO2/c1-7-17(2)26(21-11-9-8-10-12-21)16-15-25(6)14-13-22-20(5)23(27)18(3)19(4)24(22)28-25/h7-12,17,27H,1,13-16H2,2-6H3. The van der Waals surface area contributed by atoms with Crippen molar-refractivity contribution in [1.29, 1.82) is 0 Å². The van der Waals surface area contributed by atoms with E-state index in [1.54, 1.807) is 0 Å². The van der Waals surface area contributed by atoms with Crippen LogP contribution in [0.4, 0.5) is 5.69 Å². The van der Waals surface area contributed by atoms with E-state index in [0.717, 1.165) is 53.8 Å². The molecule has 3 rings (SSSR count). The van der Waals surface area contributed by atoms with E-state index in [4.69, 9.17) is 4.74 Å². The Balaban J connectivity index is 1.82. The van der Waals surface area contributed by atoms with Crippen LogP contribution in [-0.2, 0) is 6.42 Å². The second kappa shape index (κ2) is 7.90. The lowest BCUT2D eigenvalue weighted by molar-refractivity contribution is 0.0566. The molecule has 2 aromatic carbocycles. The molecule has 0 amide bonds. The molecule has 1 aliphatic rings. The van der Waals surface area contributed by atoms with Crippen molar-refractivity contribution in [2.75, 3.05) is 11.4 Å². The fraction of sp³-hybridized carbons (Fsp3) is 0.440. The van der Waals surface area contributed by atoms with Gasteiger partial charge >= 0.3 is 0 Å². The summed E-state index contributed by atoms with van der Waals surface area (Å²) in [5.41, 5.74) is 5.10. The summed E-state index contributed by atoms with van der Waals surface area (Å²) in [6.45, 7) is 15.3. The Morgan fingerprint density at radius 1 is 1.18 bits per heavy atom. The first-order valence-corrected chi connectivity index (χ1v) is 10.2. The Kier molecular flexibility index (Phi) is 5.74. The van der Waals surface area contributed by atoms with Crippen molar-refractivity contribution in [3.8, 4) is 11.5 Å². The summed E-state index contributed by atoms with van der Waals surface area (Å²) >= 11 is 0. The second-order valence-corrected chi connectivity index (χ2v) is 8.34. The second-order valence-electron chi connectivity index (χ2n) is 8.34. The van der Waals surface area contributed by atoms with Crippen molar-refractivity contribution >= 4 is 5.69 Å². The van der Waals surface area contributed by atoms with Gasteiger partial charge in [-0.2, -0.15) is 0 Å². The summed E-state index contributed by atoms with van der Waals surface area (Å²) in [4.78, 5) is 2.39. The minimum Gasteiger partial charge on any atom is -0.507 e. The molecule has 1 heterocycles. The fourth-order valence-electron chi connectivity index (χ4n) is 4.14.